The average Bonchev–Trinajstić information content (AvgIpc) is 2.66. The van der Waals surface area contributed by atoms with E-state index < -0.39 is 41.6 Å². The van der Waals surface area contributed by atoms with Gasteiger partial charge in [0.2, 0.25) is 5.91 Å². The minimum Gasteiger partial charge on any atom is -0.370 e. The predicted molar refractivity (Wildman–Crippen MR) is 94.8 cm³/mol. The number of hydrogen-bond acceptors (Lipinski definition) is 3. The van der Waals surface area contributed by atoms with E-state index >= 15 is 0 Å². The molecular formula is C20H15F6N3O. The Balaban J connectivity index is 1.85. The monoisotopic (exact) mass is 427 g/mol. The van der Waals surface area contributed by atoms with Crippen LogP contribution in [0.15, 0.2) is 48.8 Å². The standard InChI is InChI=1S/C20H15F6N3O/c1-10-15(18-28-9-7-14(30)29(10)18)16-13(20(24,25)26)6-8-27-17(16)11-2-4-12(5-3-11)19(21,22)23/h2-10,15,18,28H,1H3. The lowest BCUT2D eigenvalue weighted by Crippen LogP contribution is -2.69. The molecule has 1 N–H and O–H groups in total. The highest BCUT2D eigenvalue weighted by atomic mass is 19.4. The van der Waals surface area contributed by atoms with Gasteiger partial charge in [0, 0.05) is 36.0 Å². The molecule has 2 aromatic rings. The highest BCUT2D eigenvalue weighted by Gasteiger charge is 2.53. The van der Waals surface area contributed by atoms with E-state index in [0.717, 1.165) is 36.5 Å². The summed E-state index contributed by atoms with van der Waals surface area (Å²) in [7, 11) is 0. The van der Waals surface area contributed by atoms with E-state index in [0.29, 0.717) is 0 Å². The second kappa shape index (κ2) is 6.75. The molecule has 4 rings (SSSR count). The molecule has 30 heavy (non-hydrogen) atoms. The molecule has 1 saturated heterocycles. The number of aromatic nitrogens is 1. The Morgan fingerprint density at radius 1 is 1.00 bits per heavy atom. The molecule has 1 aromatic heterocycles. The van der Waals surface area contributed by atoms with Gasteiger partial charge in [0.25, 0.3) is 0 Å². The van der Waals surface area contributed by atoms with E-state index in [1.165, 1.54) is 17.2 Å². The lowest BCUT2D eigenvalue weighted by molar-refractivity contribution is -0.146. The Kier molecular flexibility index (Phi) is 4.55. The first-order chi connectivity index (χ1) is 14.0. The molecule has 2 aliphatic rings. The van der Waals surface area contributed by atoms with Crippen LogP contribution >= 0.6 is 0 Å². The molecule has 0 radical (unpaired) electrons. The normalized spacial score (nSPS) is 23.6. The number of hydrogen-bond donors (Lipinski definition) is 1. The molecule has 158 valence electrons. The van der Waals surface area contributed by atoms with E-state index in [1.807, 2.05) is 0 Å². The molecule has 4 nitrogen and oxygen atoms in total. The molecule has 2 aliphatic heterocycles. The summed E-state index contributed by atoms with van der Waals surface area (Å²) >= 11 is 0. The van der Waals surface area contributed by atoms with Gasteiger partial charge in [0.1, 0.15) is 6.17 Å². The number of carbonyl (C=O) groups excluding carboxylic acids is 1. The highest BCUT2D eigenvalue weighted by molar-refractivity contribution is 5.90. The van der Waals surface area contributed by atoms with Crippen molar-refractivity contribution in [3.63, 3.8) is 0 Å². The van der Waals surface area contributed by atoms with Gasteiger partial charge in [0.05, 0.1) is 16.8 Å². The third-order valence-corrected chi connectivity index (χ3v) is 5.46. The SMILES string of the molecule is CC1C(c2c(C(F)(F)F)ccnc2-c2ccc(C(F)(F)F)cc2)C2NC=CC(=O)N12. The zero-order chi connectivity index (χ0) is 21.8. The first-order valence-corrected chi connectivity index (χ1v) is 8.99. The van der Waals surface area contributed by atoms with Crippen LogP contribution in [0.1, 0.15) is 29.5 Å². The number of pyridine rings is 1. The lowest BCUT2D eigenvalue weighted by Gasteiger charge is -2.55. The van der Waals surface area contributed by atoms with Crippen LogP contribution in [0.25, 0.3) is 11.3 Å². The molecule has 10 heteroatoms. The minimum atomic E-state index is -4.70. The van der Waals surface area contributed by atoms with Crippen molar-refractivity contribution < 1.29 is 31.1 Å². The molecule has 1 fully saturated rings. The van der Waals surface area contributed by atoms with Crippen molar-refractivity contribution in [1.82, 2.24) is 15.2 Å². The molecule has 0 spiro atoms. The van der Waals surface area contributed by atoms with Crippen LogP contribution in [0.5, 0.6) is 0 Å². The number of halogens is 6. The van der Waals surface area contributed by atoms with Crippen LogP contribution in [0.3, 0.4) is 0 Å². The van der Waals surface area contributed by atoms with Crippen molar-refractivity contribution in [2.75, 3.05) is 0 Å². The van der Waals surface area contributed by atoms with E-state index in [9.17, 15) is 31.1 Å². The van der Waals surface area contributed by atoms with Crippen LogP contribution in [0, 0.1) is 0 Å². The molecule has 1 amide bonds. The summed E-state index contributed by atoms with van der Waals surface area (Å²) in [6.07, 6.45) is -6.31. The van der Waals surface area contributed by atoms with Gasteiger partial charge in [-0.3, -0.25) is 9.78 Å². The molecule has 3 heterocycles. The maximum Gasteiger partial charge on any atom is 0.416 e. The molecule has 0 bridgehead atoms. The summed E-state index contributed by atoms with van der Waals surface area (Å²) in [5, 5.41) is 2.89. The van der Waals surface area contributed by atoms with Crippen LogP contribution in [0.4, 0.5) is 26.3 Å². The Morgan fingerprint density at radius 3 is 2.27 bits per heavy atom. The van der Waals surface area contributed by atoms with Crippen molar-refractivity contribution in [1.29, 1.82) is 0 Å². The predicted octanol–water partition coefficient (Wildman–Crippen LogP) is 4.54. The van der Waals surface area contributed by atoms with E-state index in [-0.39, 0.29) is 22.7 Å². The molecule has 3 atom stereocenters. The van der Waals surface area contributed by atoms with E-state index in [1.54, 1.807) is 6.92 Å². The van der Waals surface area contributed by atoms with Gasteiger partial charge in [-0.25, -0.2) is 0 Å². The summed E-state index contributed by atoms with van der Waals surface area (Å²) < 4.78 is 80.1. The smallest absolute Gasteiger partial charge is 0.370 e. The number of alkyl halides is 6. The summed E-state index contributed by atoms with van der Waals surface area (Å²) in [4.78, 5) is 17.6. The quantitative estimate of drug-likeness (QED) is 0.716. The van der Waals surface area contributed by atoms with Crippen molar-refractivity contribution in [3.05, 3.63) is 65.5 Å². The highest BCUT2D eigenvalue weighted by Crippen LogP contribution is 2.48. The Hall–Kier alpha value is -3.04. The number of benzene rings is 1. The summed E-state index contributed by atoms with van der Waals surface area (Å²) in [6.45, 7) is 1.63. The van der Waals surface area contributed by atoms with Crippen LogP contribution < -0.4 is 5.32 Å². The van der Waals surface area contributed by atoms with Gasteiger partial charge in [-0.2, -0.15) is 26.3 Å². The molecular weight excluding hydrogens is 412 g/mol. The maximum absolute atomic E-state index is 13.8. The number of fused-ring (bicyclic) bond motifs is 1. The zero-order valence-electron chi connectivity index (χ0n) is 15.4. The first kappa shape index (κ1) is 20.2. The number of amides is 1. The van der Waals surface area contributed by atoms with Crippen molar-refractivity contribution >= 4 is 5.91 Å². The van der Waals surface area contributed by atoms with Crippen molar-refractivity contribution in [2.45, 2.75) is 37.4 Å². The van der Waals surface area contributed by atoms with Gasteiger partial charge in [0.15, 0.2) is 0 Å². The topological polar surface area (TPSA) is 45.2 Å². The van der Waals surface area contributed by atoms with Crippen LogP contribution in [-0.4, -0.2) is 28.0 Å². The molecule has 3 unspecified atom stereocenters. The third kappa shape index (κ3) is 3.20. The first-order valence-electron chi connectivity index (χ1n) is 8.99. The fraction of sp³-hybridized carbons (Fsp3) is 0.300. The number of carbonyl (C=O) groups is 1. The Morgan fingerprint density at radius 2 is 1.67 bits per heavy atom. The largest absolute Gasteiger partial charge is 0.416 e. The van der Waals surface area contributed by atoms with Gasteiger partial charge in [-0.15, -0.1) is 0 Å². The summed E-state index contributed by atoms with van der Waals surface area (Å²) in [5.74, 6) is -1.07. The van der Waals surface area contributed by atoms with Gasteiger partial charge >= 0.3 is 12.4 Å². The minimum absolute atomic E-state index is 0.0566. The fourth-order valence-corrected chi connectivity index (χ4v) is 4.09. The Labute approximate surface area is 167 Å². The van der Waals surface area contributed by atoms with Gasteiger partial charge < -0.3 is 10.2 Å². The number of nitrogens with one attached hydrogen (secondary N) is 1. The number of nitrogens with zero attached hydrogens (tertiary/aromatic N) is 2. The van der Waals surface area contributed by atoms with E-state index in [4.69, 9.17) is 0 Å². The van der Waals surface area contributed by atoms with E-state index in [2.05, 4.69) is 10.3 Å². The van der Waals surface area contributed by atoms with Crippen molar-refractivity contribution in [2.24, 2.45) is 0 Å². The maximum atomic E-state index is 13.8. The zero-order valence-corrected chi connectivity index (χ0v) is 15.4. The van der Waals surface area contributed by atoms with Crippen LogP contribution in [0.2, 0.25) is 0 Å². The lowest BCUT2D eigenvalue weighted by atomic mass is 9.75. The molecule has 1 aromatic carbocycles. The van der Waals surface area contributed by atoms with Crippen LogP contribution in [-0.2, 0) is 17.1 Å². The van der Waals surface area contributed by atoms with Gasteiger partial charge in [-0.1, -0.05) is 12.1 Å². The fourth-order valence-electron chi connectivity index (χ4n) is 4.09. The summed E-state index contributed by atoms with van der Waals surface area (Å²) in [6, 6.07) is 4.12. The molecule has 0 saturated carbocycles. The Bertz CT molecular complexity index is 1010. The summed E-state index contributed by atoms with van der Waals surface area (Å²) in [5.41, 5.74) is -1.90. The second-order valence-corrected chi connectivity index (χ2v) is 7.15. The van der Waals surface area contributed by atoms with Gasteiger partial charge in [-0.05, 0) is 30.7 Å². The average molecular weight is 427 g/mol. The second-order valence-electron chi connectivity index (χ2n) is 7.15. The van der Waals surface area contributed by atoms with Crippen molar-refractivity contribution in [3.8, 4) is 11.3 Å². The molecule has 0 aliphatic carbocycles. The third-order valence-electron chi connectivity index (χ3n) is 5.46. The number of rotatable bonds is 2.